The second-order valence-electron chi connectivity index (χ2n) is 4.66. The molecule has 0 amide bonds. The molecule has 0 aliphatic carbocycles. The summed E-state index contributed by atoms with van der Waals surface area (Å²) in [7, 11) is 0. The number of hydrogen-bond acceptors (Lipinski definition) is 3. The molecule has 0 aliphatic rings. The molecule has 1 heterocycles. The van der Waals surface area contributed by atoms with Gasteiger partial charge in [-0.25, -0.2) is 0 Å². The number of benzene rings is 1. The molecule has 0 radical (unpaired) electrons. The highest BCUT2D eigenvalue weighted by molar-refractivity contribution is 7.09. The Morgan fingerprint density at radius 1 is 1.16 bits per heavy atom. The quantitative estimate of drug-likeness (QED) is 0.833. The van der Waals surface area contributed by atoms with E-state index in [1.54, 1.807) is 11.3 Å². The first-order valence-corrected chi connectivity index (χ1v) is 7.65. The van der Waals surface area contributed by atoms with Gasteiger partial charge in [0.05, 0.1) is 6.10 Å². The van der Waals surface area contributed by atoms with Gasteiger partial charge in [-0.2, -0.15) is 0 Å². The number of nitrogens with zero attached hydrogens (tertiary/aromatic N) is 1. The molecule has 0 saturated heterocycles. The maximum Gasteiger partial charge on any atom is 0.0802 e. The van der Waals surface area contributed by atoms with Crippen molar-refractivity contribution in [1.82, 2.24) is 4.90 Å². The molecule has 0 spiro atoms. The molecular weight excluding hydrogens is 254 g/mol. The van der Waals surface area contributed by atoms with Crippen LogP contribution in [-0.2, 0) is 6.54 Å². The van der Waals surface area contributed by atoms with Crippen molar-refractivity contribution in [2.24, 2.45) is 0 Å². The number of rotatable bonds is 7. The Hall–Kier alpha value is -1.16. The van der Waals surface area contributed by atoms with Gasteiger partial charge in [0.1, 0.15) is 0 Å². The molecule has 1 unspecified atom stereocenters. The Morgan fingerprint density at radius 2 is 1.95 bits per heavy atom. The van der Waals surface area contributed by atoms with Crippen LogP contribution in [0.15, 0.2) is 47.8 Å². The molecule has 3 heteroatoms. The molecule has 0 saturated carbocycles. The van der Waals surface area contributed by atoms with E-state index >= 15 is 0 Å². The van der Waals surface area contributed by atoms with E-state index in [2.05, 4.69) is 29.3 Å². The third kappa shape index (κ3) is 4.46. The molecular formula is C16H21NOS. The van der Waals surface area contributed by atoms with Crippen molar-refractivity contribution in [3.8, 4) is 0 Å². The lowest BCUT2D eigenvalue weighted by Gasteiger charge is -2.21. The van der Waals surface area contributed by atoms with E-state index in [0.29, 0.717) is 0 Å². The van der Waals surface area contributed by atoms with Gasteiger partial charge in [-0.05, 0) is 30.0 Å². The van der Waals surface area contributed by atoms with Crippen molar-refractivity contribution < 1.29 is 5.11 Å². The normalized spacial score (nSPS) is 12.8. The van der Waals surface area contributed by atoms with E-state index in [4.69, 9.17) is 0 Å². The number of aliphatic hydroxyl groups is 1. The first-order chi connectivity index (χ1) is 9.29. The fourth-order valence-corrected chi connectivity index (χ4v) is 2.86. The van der Waals surface area contributed by atoms with E-state index in [0.717, 1.165) is 31.6 Å². The van der Waals surface area contributed by atoms with Crippen LogP contribution in [0.1, 0.15) is 29.9 Å². The summed E-state index contributed by atoms with van der Waals surface area (Å²) in [5, 5.41) is 12.3. The summed E-state index contributed by atoms with van der Waals surface area (Å²) >= 11 is 1.79. The third-order valence-corrected chi connectivity index (χ3v) is 4.17. The average molecular weight is 275 g/mol. The lowest BCUT2D eigenvalue weighted by molar-refractivity contribution is 0.142. The minimum atomic E-state index is -0.362. The number of hydrogen-bond donors (Lipinski definition) is 1. The summed E-state index contributed by atoms with van der Waals surface area (Å²) in [6.07, 6.45) is 0.419. The predicted octanol–water partition coefficient (Wildman–Crippen LogP) is 3.69. The van der Waals surface area contributed by atoms with Crippen LogP contribution < -0.4 is 0 Å². The van der Waals surface area contributed by atoms with Crippen LogP contribution in [0, 0.1) is 0 Å². The van der Waals surface area contributed by atoms with Gasteiger partial charge in [0, 0.05) is 18.0 Å². The van der Waals surface area contributed by atoms with Gasteiger partial charge in [0.25, 0.3) is 0 Å². The van der Waals surface area contributed by atoms with Gasteiger partial charge in [0.2, 0.25) is 0 Å². The zero-order chi connectivity index (χ0) is 13.5. The molecule has 102 valence electrons. The Bertz CT molecular complexity index is 455. The molecule has 1 aromatic heterocycles. The van der Waals surface area contributed by atoms with Gasteiger partial charge in [-0.3, -0.25) is 4.90 Å². The van der Waals surface area contributed by atoms with Crippen LogP contribution in [0.3, 0.4) is 0 Å². The van der Waals surface area contributed by atoms with Crippen LogP contribution in [0.25, 0.3) is 0 Å². The zero-order valence-electron chi connectivity index (χ0n) is 11.3. The molecule has 1 aromatic carbocycles. The van der Waals surface area contributed by atoms with Gasteiger partial charge in [0.15, 0.2) is 0 Å². The Morgan fingerprint density at radius 3 is 2.58 bits per heavy atom. The topological polar surface area (TPSA) is 23.5 Å². The van der Waals surface area contributed by atoms with Gasteiger partial charge >= 0.3 is 0 Å². The number of aliphatic hydroxyl groups excluding tert-OH is 1. The first-order valence-electron chi connectivity index (χ1n) is 6.77. The smallest absolute Gasteiger partial charge is 0.0802 e. The highest BCUT2D eigenvalue weighted by Crippen LogP contribution is 2.18. The predicted molar refractivity (Wildman–Crippen MR) is 81.3 cm³/mol. The fraction of sp³-hybridized carbons (Fsp3) is 0.375. The minimum absolute atomic E-state index is 0.362. The van der Waals surface area contributed by atoms with E-state index < -0.39 is 0 Å². The minimum Gasteiger partial charge on any atom is -0.388 e. The second kappa shape index (κ2) is 7.43. The Labute approximate surface area is 119 Å². The largest absolute Gasteiger partial charge is 0.388 e. The summed E-state index contributed by atoms with van der Waals surface area (Å²) in [5.74, 6) is 0. The molecule has 2 rings (SSSR count). The van der Waals surface area contributed by atoms with Gasteiger partial charge < -0.3 is 5.11 Å². The molecule has 1 N–H and O–H groups in total. The monoisotopic (exact) mass is 275 g/mol. The van der Waals surface area contributed by atoms with Crippen molar-refractivity contribution in [3.05, 3.63) is 58.3 Å². The summed E-state index contributed by atoms with van der Waals surface area (Å²) in [5.41, 5.74) is 1.01. The zero-order valence-corrected chi connectivity index (χ0v) is 12.1. The highest BCUT2D eigenvalue weighted by Gasteiger charge is 2.10. The molecule has 0 fully saturated rings. The van der Waals surface area contributed by atoms with Crippen LogP contribution in [0.4, 0.5) is 0 Å². The van der Waals surface area contributed by atoms with Crippen molar-refractivity contribution in [1.29, 1.82) is 0 Å². The third-order valence-electron chi connectivity index (χ3n) is 3.31. The maximum absolute atomic E-state index is 10.2. The van der Waals surface area contributed by atoms with Gasteiger partial charge in [-0.15, -0.1) is 11.3 Å². The standard InChI is InChI=1S/C16H21NOS/c1-2-17(13-15-9-6-12-19-15)11-10-16(18)14-7-4-3-5-8-14/h3-9,12,16,18H,2,10-11,13H2,1H3. The van der Waals surface area contributed by atoms with E-state index in [1.807, 2.05) is 30.3 Å². The van der Waals surface area contributed by atoms with E-state index in [9.17, 15) is 5.11 Å². The maximum atomic E-state index is 10.2. The second-order valence-corrected chi connectivity index (χ2v) is 5.70. The summed E-state index contributed by atoms with van der Waals surface area (Å²) in [6, 6.07) is 14.2. The molecule has 0 bridgehead atoms. The van der Waals surface area contributed by atoms with Crippen LogP contribution >= 0.6 is 11.3 Å². The van der Waals surface area contributed by atoms with Gasteiger partial charge in [-0.1, -0.05) is 43.3 Å². The fourth-order valence-electron chi connectivity index (χ4n) is 2.12. The summed E-state index contributed by atoms with van der Waals surface area (Å²) in [6.45, 7) is 5.09. The average Bonchev–Trinajstić information content (AvgIpc) is 2.97. The Kier molecular flexibility index (Phi) is 5.58. The SMILES string of the molecule is CCN(CCC(O)c1ccccc1)Cc1cccs1. The summed E-state index contributed by atoms with van der Waals surface area (Å²) < 4.78 is 0. The first kappa shape index (κ1) is 14.3. The van der Waals surface area contributed by atoms with E-state index in [1.165, 1.54) is 4.88 Å². The lowest BCUT2D eigenvalue weighted by Crippen LogP contribution is -2.24. The molecule has 1 atom stereocenters. The van der Waals surface area contributed by atoms with Crippen molar-refractivity contribution in [3.63, 3.8) is 0 Å². The van der Waals surface area contributed by atoms with Crippen LogP contribution in [0.2, 0.25) is 0 Å². The van der Waals surface area contributed by atoms with Crippen LogP contribution in [-0.4, -0.2) is 23.1 Å². The molecule has 2 aromatic rings. The summed E-state index contributed by atoms with van der Waals surface area (Å²) in [4.78, 5) is 3.76. The molecule has 0 aliphatic heterocycles. The molecule has 2 nitrogen and oxygen atoms in total. The van der Waals surface area contributed by atoms with Crippen molar-refractivity contribution in [2.45, 2.75) is 26.0 Å². The molecule has 19 heavy (non-hydrogen) atoms. The lowest BCUT2D eigenvalue weighted by atomic mass is 10.1. The number of thiophene rings is 1. The van der Waals surface area contributed by atoms with Crippen molar-refractivity contribution in [2.75, 3.05) is 13.1 Å². The van der Waals surface area contributed by atoms with E-state index in [-0.39, 0.29) is 6.10 Å². The van der Waals surface area contributed by atoms with Crippen LogP contribution in [0.5, 0.6) is 0 Å². The van der Waals surface area contributed by atoms with Crippen molar-refractivity contribution >= 4 is 11.3 Å². The Balaban J connectivity index is 1.83. The highest BCUT2D eigenvalue weighted by atomic mass is 32.1.